The lowest BCUT2D eigenvalue weighted by Gasteiger charge is -2.06. The first kappa shape index (κ1) is 13.0. The monoisotopic (exact) mass is 236 g/mol. The molecule has 0 unspecified atom stereocenters. The van der Waals surface area contributed by atoms with Gasteiger partial charge in [-0.1, -0.05) is 6.07 Å². The van der Waals surface area contributed by atoms with Crippen molar-refractivity contribution in [2.75, 3.05) is 12.3 Å². The normalized spacial score (nSPS) is 9.94. The minimum atomic E-state index is -0.862. The van der Waals surface area contributed by atoms with Crippen LogP contribution in [0, 0.1) is 6.92 Å². The highest BCUT2D eigenvalue weighted by Gasteiger charge is 2.06. The van der Waals surface area contributed by atoms with E-state index in [1.807, 2.05) is 6.92 Å². The summed E-state index contributed by atoms with van der Waals surface area (Å²) < 4.78 is 0. The quantitative estimate of drug-likeness (QED) is 0.528. The van der Waals surface area contributed by atoms with Gasteiger partial charge in [0.15, 0.2) is 0 Å². The van der Waals surface area contributed by atoms with Crippen LogP contribution in [0.5, 0.6) is 0 Å². The van der Waals surface area contributed by atoms with Crippen LogP contribution in [0.3, 0.4) is 0 Å². The van der Waals surface area contributed by atoms with Crippen molar-refractivity contribution in [1.29, 1.82) is 0 Å². The molecule has 0 atom stereocenters. The van der Waals surface area contributed by atoms with Crippen molar-refractivity contribution in [3.05, 3.63) is 29.3 Å². The summed E-state index contributed by atoms with van der Waals surface area (Å²) in [6, 6.07) is 5.08. The molecule has 0 aliphatic heterocycles. The van der Waals surface area contributed by atoms with Gasteiger partial charge in [-0.05, 0) is 31.0 Å². The molecule has 0 fully saturated rings. The number of rotatable bonds is 5. The van der Waals surface area contributed by atoms with Crippen molar-refractivity contribution in [1.82, 2.24) is 5.32 Å². The Morgan fingerprint density at radius 3 is 2.71 bits per heavy atom. The summed E-state index contributed by atoms with van der Waals surface area (Å²) >= 11 is 0. The van der Waals surface area contributed by atoms with Gasteiger partial charge in [-0.2, -0.15) is 0 Å². The number of nitrogen functional groups attached to an aromatic ring is 1. The summed E-state index contributed by atoms with van der Waals surface area (Å²) in [6.07, 6.45) is 0.471. The number of hydrogen-bond acceptors (Lipinski definition) is 3. The number of nitrogens with one attached hydrogen (secondary N) is 1. The molecule has 0 aliphatic rings. The number of nitrogens with two attached hydrogens (primary N) is 1. The Morgan fingerprint density at radius 2 is 2.12 bits per heavy atom. The van der Waals surface area contributed by atoms with E-state index in [-0.39, 0.29) is 12.3 Å². The number of anilines is 1. The van der Waals surface area contributed by atoms with E-state index >= 15 is 0 Å². The summed E-state index contributed by atoms with van der Waals surface area (Å²) in [7, 11) is 0. The van der Waals surface area contributed by atoms with Gasteiger partial charge in [0.2, 0.25) is 0 Å². The molecule has 0 bridgehead atoms. The Hall–Kier alpha value is -2.04. The van der Waals surface area contributed by atoms with Crippen molar-refractivity contribution in [3.8, 4) is 0 Å². The molecule has 5 nitrogen and oxygen atoms in total. The number of carbonyl (C=O) groups is 2. The summed E-state index contributed by atoms with van der Waals surface area (Å²) in [4.78, 5) is 21.9. The maximum absolute atomic E-state index is 11.6. The summed E-state index contributed by atoms with van der Waals surface area (Å²) in [5.41, 5.74) is 7.68. The van der Waals surface area contributed by atoms with Gasteiger partial charge in [-0.25, -0.2) is 0 Å². The molecule has 0 heterocycles. The first-order valence-electron chi connectivity index (χ1n) is 5.37. The number of aliphatic carboxylic acids is 1. The highest BCUT2D eigenvalue weighted by atomic mass is 16.4. The first-order chi connectivity index (χ1) is 8.00. The van der Waals surface area contributed by atoms with Crippen LogP contribution in [-0.4, -0.2) is 23.5 Å². The van der Waals surface area contributed by atoms with Gasteiger partial charge in [0.05, 0.1) is 0 Å². The van der Waals surface area contributed by atoms with E-state index in [1.54, 1.807) is 18.2 Å². The van der Waals surface area contributed by atoms with E-state index in [2.05, 4.69) is 5.32 Å². The fraction of sp³-hybridized carbons (Fsp3) is 0.333. The van der Waals surface area contributed by atoms with Gasteiger partial charge < -0.3 is 16.2 Å². The Labute approximate surface area is 99.6 Å². The number of benzene rings is 1. The van der Waals surface area contributed by atoms with Crippen LogP contribution < -0.4 is 11.1 Å². The molecular weight excluding hydrogens is 220 g/mol. The minimum absolute atomic E-state index is 0.0519. The van der Waals surface area contributed by atoms with Gasteiger partial charge >= 0.3 is 5.97 Å². The highest BCUT2D eigenvalue weighted by Crippen LogP contribution is 2.12. The van der Waals surface area contributed by atoms with E-state index in [1.165, 1.54) is 0 Å². The predicted octanol–water partition coefficient (Wildman–Crippen LogP) is 1.17. The molecule has 0 aromatic heterocycles. The Bertz CT molecular complexity index is 430. The average molecular weight is 236 g/mol. The van der Waals surface area contributed by atoms with E-state index in [4.69, 9.17) is 10.8 Å². The fourth-order valence-electron chi connectivity index (χ4n) is 1.33. The van der Waals surface area contributed by atoms with Crippen LogP contribution in [0.15, 0.2) is 18.2 Å². The van der Waals surface area contributed by atoms with Crippen molar-refractivity contribution in [2.24, 2.45) is 0 Å². The lowest BCUT2D eigenvalue weighted by Crippen LogP contribution is -2.25. The molecule has 0 saturated carbocycles. The third-order valence-electron chi connectivity index (χ3n) is 2.39. The van der Waals surface area contributed by atoms with Crippen molar-refractivity contribution >= 4 is 17.6 Å². The zero-order chi connectivity index (χ0) is 12.8. The van der Waals surface area contributed by atoms with Crippen LogP contribution in [-0.2, 0) is 4.79 Å². The van der Waals surface area contributed by atoms with Gasteiger partial charge in [0, 0.05) is 24.2 Å². The Morgan fingerprint density at radius 1 is 1.41 bits per heavy atom. The van der Waals surface area contributed by atoms with Gasteiger partial charge in [0.1, 0.15) is 0 Å². The Balaban J connectivity index is 2.47. The summed E-state index contributed by atoms with van der Waals surface area (Å²) in [6.45, 7) is 2.21. The van der Waals surface area contributed by atoms with Crippen LogP contribution in [0.2, 0.25) is 0 Å². The number of carboxylic acids is 1. The Kier molecular flexibility index (Phi) is 4.51. The number of amides is 1. The molecule has 1 amide bonds. The minimum Gasteiger partial charge on any atom is -0.481 e. The van der Waals surface area contributed by atoms with E-state index in [0.717, 1.165) is 5.56 Å². The van der Waals surface area contributed by atoms with Crippen LogP contribution in [0.1, 0.15) is 28.8 Å². The first-order valence-corrected chi connectivity index (χ1v) is 5.37. The third kappa shape index (κ3) is 4.14. The second-order valence-corrected chi connectivity index (χ2v) is 3.82. The maximum Gasteiger partial charge on any atom is 0.303 e. The predicted molar refractivity (Wildman–Crippen MR) is 64.8 cm³/mol. The molecule has 4 N–H and O–H groups in total. The SMILES string of the molecule is Cc1ccc(C(=O)NCCCC(=O)O)cc1N. The molecule has 1 aromatic carbocycles. The molecule has 0 saturated heterocycles. The number of carbonyl (C=O) groups excluding carboxylic acids is 1. The van der Waals surface area contributed by atoms with Crippen LogP contribution in [0.4, 0.5) is 5.69 Å². The number of hydrogen-bond donors (Lipinski definition) is 3. The zero-order valence-corrected chi connectivity index (χ0v) is 9.69. The fourth-order valence-corrected chi connectivity index (χ4v) is 1.33. The number of aryl methyl sites for hydroxylation is 1. The lowest BCUT2D eigenvalue weighted by atomic mass is 10.1. The highest BCUT2D eigenvalue weighted by molar-refractivity contribution is 5.95. The van der Waals surface area contributed by atoms with Gasteiger partial charge in [-0.15, -0.1) is 0 Å². The molecule has 92 valence electrons. The maximum atomic E-state index is 11.6. The molecule has 0 spiro atoms. The van der Waals surface area contributed by atoms with Crippen molar-refractivity contribution in [2.45, 2.75) is 19.8 Å². The van der Waals surface area contributed by atoms with Gasteiger partial charge in [0.25, 0.3) is 5.91 Å². The largest absolute Gasteiger partial charge is 0.481 e. The molecule has 5 heteroatoms. The van der Waals surface area contributed by atoms with Crippen LogP contribution in [0.25, 0.3) is 0 Å². The van der Waals surface area contributed by atoms with Crippen molar-refractivity contribution < 1.29 is 14.7 Å². The summed E-state index contributed by atoms with van der Waals surface area (Å²) in [5.74, 6) is -1.10. The molecule has 0 aliphatic carbocycles. The molecular formula is C12H16N2O3. The van der Waals surface area contributed by atoms with Crippen LogP contribution >= 0.6 is 0 Å². The van der Waals surface area contributed by atoms with Gasteiger partial charge in [-0.3, -0.25) is 9.59 Å². The second kappa shape index (κ2) is 5.89. The van der Waals surface area contributed by atoms with Crippen molar-refractivity contribution in [3.63, 3.8) is 0 Å². The summed E-state index contributed by atoms with van der Waals surface area (Å²) in [5, 5.41) is 11.1. The molecule has 1 aromatic rings. The topological polar surface area (TPSA) is 92.4 Å². The molecule has 0 radical (unpaired) electrons. The zero-order valence-electron chi connectivity index (χ0n) is 9.69. The lowest BCUT2D eigenvalue weighted by molar-refractivity contribution is -0.137. The van der Waals surface area contributed by atoms with E-state index < -0.39 is 5.97 Å². The van der Waals surface area contributed by atoms with E-state index in [0.29, 0.717) is 24.2 Å². The molecule has 17 heavy (non-hydrogen) atoms. The third-order valence-corrected chi connectivity index (χ3v) is 2.39. The second-order valence-electron chi connectivity index (χ2n) is 3.82. The smallest absolute Gasteiger partial charge is 0.303 e. The standard InChI is InChI=1S/C12H16N2O3/c1-8-4-5-9(7-10(8)13)12(17)14-6-2-3-11(15)16/h4-5,7H,2-3,6,13H2,1H3,(H,14,17)(H,15,16). The molecule has 1 rings (SSSR count). The van der Waals surface area contributed by atoms with E-state index in [9.17, 15) is 9.59 Å². The average Bonchev–Trinajstić information content (AvgIpc) is 2.27. The number of carboxylic acid groups (broad SMARTS) is 1.